The second-order valence-electron chi connectivity index (χ2n) is 3.61. The zero-order valence-corrected chi connectivity index (χ0v) is 12.2. The predicted octanol–water partition coefficient (Wildman–Crippen LogP) is 1.45. The molecule has 0 aliphatic heterocycles. The maximum Gasteiger partial charge on any atom is 0.250 e. The first kappa shape index (κ1) is 13.6. The third-order valence-corrected chi connectivity index (χ3v) is 6.10. The summed E-state index contributed by atoms with van der Waals surface area (Å²) in [6.07, 6.45) is 1.73. The van der Waals surface area contributed by atoms with Crippen molar-refractivity contribution in [2.45, 2.75) is 24.2 Å². The Bertz CT molecular complexity index is 630. The highest BCUT2D eigenvalue weighted by Gasteiger charge is 2.16. The molecule has 2 heterocycles. The molecule has 5 nitrogen and oxygen atoms in total. The van der Waals surface area contributed by atoms with E-state index in [0.29, 0.717) is 6.54 Å². The lowest BCUT2D eigenvalue weighted by Crippen LogP contribution is -2.22. The smallest absolute Gasteiger partial charge is 0.250 e. The minimum absolute atomic E-state index is 0.219. The van der Waals surface area contributed by atoms with Crippen LogP contribution in [0.1, 0.15) is 14.8 Å². The molecule has 0 aliphatic rings. The van der Waals surface area contributed by atoms with Crippen molar-refractivity contribution in [3.8, 4) is 0 Å². The van der Waals surface area contributed by atoms with Crippen molar-refractivity contribution in [3.05, 3.63) is 33.1 Å². The maximum absolute atomic E-state index is 12.0. The van der Waals surface area contributed by atoms with Gasteiger partial charge in [0, 0.05) is 22.5 Å². The Morgan fingerprint density at radius 3 is 2.72 bits per heavy atom. The molecule has 2 aromatic heterocycles. The summed E-state index contributed by atoms with van der Waals surface area (Å²) in [5, 5.41) is 0.756. The Morgan fingerprint density at radius 2 is 2.17 bits per heavy atom. The molecule has 3 N–H and O–H groups in total. The first-order valence-electron chi connectivity index (χ1n) is 5.21. The molecule has 2 aromatic rings. The van der Waals surface area contributed by atoms with Crippen LogP contribution in [-0.4, -0.2) is 13.4 Å². The van der Waals surface area contributed by atoms with Crippen molar-refractivity contribution in [3.63, 3.8) is 0 Å². The molecule has 0 saturated heterocycles. The van der Waals surface area contributed by atoms with Crippen LogP contribution in [0.15, 0.2) is 22.5 Å². The summed E-state index contributed by atoms with van der Waals surface area (Å²) in [5.41, 5.74) is 5.46. The van der Waals surface area contributed by atoms with Crippen LogP contribution >= 0.6 is 22.7 Å². The standard InChI is InChI=1S/C10H13N3O2S3/c1-7-5-12-9(16-7)6-13-18(14,15)10-3-2-8(4-11)17-10/h2-3,5,13H,4,6,11H2,1H3. The molecular formula is C10H13N3O2S3. The third kappa shape index (κ3) is 3.15. The molecule has 0 spiro atoms. The average molecular weight is 303 g/mol. The number of rotatable bonds is 5. The monoisotopic (exact) mass is 303 g/mol. The van der Waals surface area contributed by atoms with Gasteiger partial charge in [-0.2, -0.15) is 0 Å². The zero-order chi connectivity index (χ0) is 13.2. The minimum Gasteiger partial charge on any atom is -0.326 e. The summed E-state index contributed by atoms with van der Waals surface area (Å²) in [4.78, 5) is 6.02. The van der Waals surface area contributed by atoms with Crippen molar-refractivity contribution < 1.29 is 8.42 Å². The zero-order valence-electron chi connectivity index (χ0n) is 9.71. The lowest BCUT2D eigenvalue weighted by molar-refractivity contribution is 0.583. The Balaban J connectivity index is 2.07. The van der Waals surface area contributed by atoms with Gasteiger partial charge >= 0.3 is 0 Å². The number of nitrogens with two attached hydrogens (primary N) is 1. The minimum atomic E-state index is -3.46. The maximum atomic E-state index is 12.0. The van der Waals surface area contributed by atoms with E-state index in [0.717, 1.165) is 14.8 Å². The van der Waals surface area contributed by atoms with Crippen LogP contribution < -0.4 is 10.5 Å². The van der Waals surface area contributed by atoms with Crippen LogP contribution in [0.4, 0.5) is 0 Å². The van der Waals surface area contributed by atoms with Gasteiger partial charge in [0.25, 0.3) is 0 Å². The second kappa shape index (κ2) is 5.45. The normalized spacial score (nSPS) is 11.9. The first-order valence-corrected chi connectivity index (χ1v) is 8.32. The van der Waals surface area contributed by atoms with E-state index >= 15 is 0 Å². The summed E-state index contributed by atoms with van der Waals surface area (Å²) >= 11 is 2.67. The van der Waals surface area contributed by atoms with Crippen molar-refractivity contribution in [1.82, 2.24) is 9.71 Å². The van der Waals surface area contributed by atoms with Crippen LogP contribution in [0.3, 0.4) is 0 Å². The quantitative estimate of drug-likeness (QED) is 0.875. The Morgan fingerprint density at radius 1 is 1.39 bits per heavy atom. The Labute approximate surface area is 114 Å². The van der Waals surface area contributed by atoms with E-state index < -0.39 is 10.0 Å². The van der Waals surface area contributed by atoms with Gasteiger partial charge in [-0.25, -0.2) is 18.1 Å². The number of aryl methyl sites for hydroxylation is 1. The fraction of sp³-hybridized carbons (Fsp3) is 0.300. The van der Waals surface area contributed by atoms with E-state index in [9.17, 15) is 8.42 Å². The summed E-state index contributed by atoms with van der Waals surface area (Å²) in [5.74, 6) is 0. The van der Waals surface area contributed by atoms with Gasteiger partial charge in [0.05, 0.1) is 6.54 Å². The van der Waals surface area contributed by atoms with Crippen LogP contribution in [0.25, 0.3) is 0 Å². The van der Waals surface area contributed by atoms with Gasteiger partial charge in [0.15, 0.2) is 0 Å². The molecule has 0 atom stereocenters. The van der Waals surface area contributed by atoms with E-state index in [2.05, 4.69) is 9.71 Å². The summed E-state index contributed by atoms with van der Waals surface area (Å²) in [6, 6.07) is 3.30. The molecule has 0 aromatic carbocycles. The van der Waals surface area contributed by atoms with E-state index in [4.69, 9.17) is 5.73 Å². The summed E-state index contributed by atoms with van der Waals surface area (Å²) < 4.78 is 26.8. The molecule has 0 fully saturated rings. The van der Waals surface area contributed by atoms with E-state index in [1.54, 1.807) is 18.3 Å². The number of thiazole rings is 1. The molecule has 98 valence electrons. The molecular weight excluding hydrogens is 290 g/mol. The number of nitrogens with one attached hydrogen (secondary N) is 1. The van der Waals surface area contributed by atoms with Gasteiger partial charge in [-0.1, -0.05) is 0 Å². The van der Waals surface area contributed by atoms with Gasteiger partial charge in [0.2, 0.25) is 10.0 Å². The Kier molecular flexibility index (Phi) is 4.13. The lowest BCUT2D eigenvalue weighted by Gasteiger charge is -2.01. The fourth-order valence-electron chi connectivity index (χ4n) is 1.32. The largest absolute Gasteiger partial charge is 0.326 e. The van der Waals surface area contributed by atoms with Crippen LogP contribution in [0.2, 0.25) is 0 Å². The van der Waals surface area contributed by atoms with Gasteiger partial charge in [-0.3, -0.25) is 0 Å². The topological polar surface area (TPSA) is 85.1 Å². The first-order chi connectivity index (χ1) is 8.51. The molecule has 18 heavy (non-hydrogen) atoms. The van der Waals surface area contributed by atoms with Crippen LogP contribution in [-0.2, 0) is 23.1 Å². The number of aromatic nitrogens is 1. The van der Waals surface area contributed by atoms with Crippen molar-refractivity contribution in [2.24, 2.45) is 5.73 Å². The molecule has 2 rings (SSSR count). The molecule has 0 saturated carbocycles. The number of hydrogen-bond acceptors (Lipinski definition) is 6. The number of nitrogens with zero attached hydrogens (tertiary/aromatic N) is 1. The van der Waals surface area contributed by atoms with Gasteiger partial charge in [0.1, 0.15) is 9.22 Å². The summed E-state index contributed by atoms with van der Waals surface area (Å²) in [6.45, 7) is 2.50. The molecule has 0 aliphatic carbocycles. The van der Waals surface area contributed by atoms with Gasteiger partial charge < -0.3 is 5.73 Å². The van der Waals surface area contributed by atoms with Crippen LogP contribution in [0.5, 0.6) is 0 Å². The molecule has 8 heteroatoms. The van der Waals surface area contributed by atoms with Crippen molar-refractivity contribution in [2.75, 3.05) is 0 Å². The van der Waals surface area contributed by atoms with E-state index in [1.165, 1.54) is 22.7 Å². The molecule has 0 unspecified atom stereocenters. The number of hydrogen-bond donors (Lipinski definition) is 2. The highest BCUT2D eigenvalue weighted by atomic mass is 32.2. The average Bonchev–Trinajstić information content (AvgIpc) is 2.95. The van der Waals surface area contributed by atoms with Crippen molar-refractivity contribution in [1.29, 1.82) is 0 Å². The van der Waals surface area contributed by atoms with E-state index in [-0.39, 0.29) is 10.8 Å². The van der Waals surface area contributed by atoms with Gasteiger partial charge in [-0.05, 0) is 19.1 Å². The molecule has 0 bridgehead atoms. The number of thiophene rings is 1. The Hall–Kier alpha value is -0.800. The number of sulfonamides is 1. The molecule has 0 amide bonds. The van der Waals surface area contributed by atoms with Gasteiger partial charge in [-0.15, -0.1) is 22.7 Å². The SMILES string of the molecule is Cc1cnc(CNS(=O)(=O)c2ccc(CN)s2)s1. The second-order valence-corrected chi connectivity index (χ2v) is 8.10. The highest BCUT2D eigenvalue weighted by molar-refractivity contribution is 7.91. The summed E-state index contributed by atoms with van der Waals surface area (Å²) in [7, 11) is -3.46. The predicted molar refractivity (Wildman–Crippen MR) is 73.1 cm³/mol. The fourth-order valence-corrected chi connectivity index (χ4v) is 4.41. The molecule has 0 radical (unpaired) electrons. The van der Waals surface area contributed by atoms with Crippen LogP contribution in [0, 0.1) is 6.92 Å². The van der Waals surface area contributed by atoms with Crippen molar-refractivity contribution >= 4 is 32.7 Å². The third-order valence-electron chi connectivity index (χ3n) is 2.19. The van der Waals surface area contributed by atoms with E-state index in [1.807, 2.05) is 6.92 Å². The highest BCUT2D eigenvalue weighted by Crippen LogP contribution is 2.21. The lowest BCUT2D eigenvalue weighted by atomic mass is 10.5.